The molecular formula is C14H28N4O. The normalized spacial score (nSPS) is 25.0. The first-order valence-electron chi connectivity index (χ1n) is 7.64. The number of amides is 1. The molecule has 1 amide bonds. The van der Waals surface area contributed by atoms with Crippen molar-refractivity contribution in [3.8, 4) is 0 Å². The van der Waals surface area contributed by atoms with Crippen molar-refractivity contribution in [2.45, 2.75) is 51.2 Å². The van der Waals surface area contributed by atoms with Gasteiger partial charge >= 0.3 is 0 Å². The molecule has 110 valence electrons. The number of nitrogens with zero attached hydrogens (tertiary/aromatic N) is 2. The summed E-state index contributed by atoms with van der Waals surface area (Å²) in [6.07, 6.45) is 3.41. The lowest BCUT2D eigenvalue weighted by Crippen LogP contribution is -2.56. The van der Waals surface area contributed by atoms with Gasteiger partial charge < -0.3 is 11.1 Å². The van der Waals surface area contributed by atoms with Crippen LogP contribution in [0.3, 0.4) is 0 Å². The zero-order chi connectivity index (χ0) is 13.8. The third-order valence-corrected chi connectivity index (χ3v) is 4.46. The molecule has 2 fully saturated rings. The highest BCUT2D eigenvalue weighted by atomic mass is 16.2. The van der Waals surface area contributed by atoms with Crippen LogP contribution in [-0.2, 0) is 4.79 Å². The molecular weight excluding hydrogens is 240 g/mol. The third-order valence-electron chi connectivity index (χ3n) is 4.46. The molecule has 0 radical (unpaired) electrons. The summed E-state index contributed by atoms with van der Waals surface area (Å²) < 4.78 is 0. The monoisotopic (exact) mass is 268 g/mol. The second kappa shape index (κ2) is 6.68. The zero-order valence-corrected chi connectivity index (χ0v) is 12.3. The minimum Gasteiger partial charge on any atom is -0.352 e. The number of carbonyl (C=O) groups excluding carboxylic acids is 1. The van der Waals surface area contributed by atoms with Crippen molar-refractivity contribution in [1.82, 2.24) is 15.1 Å². The van der Waals surface area contributed by atoms with Gasteiger partial charge in [-0.1, -0.05) is 6.92 Å². The Kier molecular flexibility index (Phi) is 5.19. The Hall–Kier alpha value is -0.650. The minimum atomic E-state index is 0.000651. The molecule has 5 heteroatoms. The Labute approximate surface area is 116 Å². The van der Waals surface area contributed by atoms with Crippen molar-refractivity contribution in [1.29, 1.82) is 0 Å². The molecule has 1 saturated carbocycles. The van der Waals surface area contributed by atoms with E-state index in [1.165, 1.54) is 0 Å². The van der Waals surface area contributed by atoms with Crippen LogP contribution in [0, 0.1) is 0 Å². The fourth-order valence-electron chi connectivity index (χ4n) is 2.78. The Morgan fingerprint density at radius 2 is 1.84 bits per heavy atom. The average molecular weight is 268 g/mol. The van der Waals surface area contributed by atoms with Crippen molar-refractivity contribution in [2.75, 3.05) is 32.7 Å². The van der Waals surface area contributed by atoms with Crippen LogP contribution in [0.2, 0.25) is 0 Å². The fraction of sp³-hybridized carbons (Fsp3) is 0.929. The van der Waals surface area contributed by atoms with Crippen LogP contribution in [0.5, 0.6) is 0 Å². The molecule has 0 bridgehead atoms. The second-order valence-electron chi connectivity index (χ2n) is 5.83. The maximum absolute atomic E-state index is 12.0. The fourth-order valence-corrected chi connectivity index (χ4v) is 2.78. The van der Waals surface area contributed by atoms with E-state index in [4.69, 9.17) is 5.73 Å². The van der Waals surface area contributed by atoms with E-state index in [1.54, 1.807) is 0 Å². The van der Waals surface area contributed by atoms with E-state index in [9.17, 15) is 4.79 Å². The van der Waals surface area contributed by atoms with E-state index >= 15 is 0 Å². The molecule has 3 N–H and O–H groups in total. The predicted octanol–water partition coefficient (Wildman–Crippen LogP) is 0.00840. The van der Waals surface area contributed by atoms with Crippen molar-refractivity contribution in [2.24, 2.45) is 5.73 Å². The molecule has 5 nitrogen and oxygen atoms in total. The van der Waals surface area contributed by atoms with Gasteiger partial charge in [0.1, 0.15) is 0 Å². The lowest BCUT2D eigenvalue weighted by molar-refractivity contribution is -0.126. The van der Waals surface area contributed by atoms with E-state index in [1.807, 2.05) is 6.92 Å². The summed E-state index contributed by atoms with van der Waals surface area (Å²) in [4.78, 5) is 16.8. The molecule has 0 aromatic heterocycles. The lowest BCUT2D eigenvalue weighted by atomic mass is 10.1. The van der Waals surface area contributed by atoms with Crippen LogP contribution in [0.1, 0.15) is 33.1 Å². The number of hydrogen-bond acceptors (Lipinski definition) is 4. The molecule has 1 saturated heterocycles. The highest BCUT2D eigenvalue weighted by molar-refractivity contribution is 5.81. The van der Waals surface area contributed by atoms with E-state index in [0.717, 1.165) is 52.0 Å². The third kappa shape index (κ3) is 3.91. The van der Waals surface area contributed by atoms with Crippen LogP contribution >= 0.6 is 0 Å². The number of carbonyl (C=O) groups is 1. The molecule has 2 rings (SSSR count). The van der Waals surface area contributed by atoms with Crippen molar-refractivity contribution in [3.05, 3.63) is 0 Å². The topological polar surface area (TPSA) is 61.6 Å². The van der Waals surface area contributed by atoms with Crippen molar-refractivity contribution in [3.63, 3.8) is 0 Å². The van der Waals surface area contributed by atoms with Crippen LogP contribution in [0.15, 0.2) is 0 Å². The number of hydrogen-bond donors (Lipinski definition) is 2. The summed E-state index contributed by atoms with van der Waals surface area (Å²) in [6, 6.07) is 0.955. The van der Waals surface area contributed by atoms with Gasteiger partial charge in [-0.3, -0.25) is 14.6 Å². The first-order valence-corrected chi connectivity index (χ1v) is 7.64. The highest BCUT2D eigenvalue weighted by Crippen LogP contribution is 2.19. The van der Waals surface area contributed by atoms with E-state index in [0.29, 0.717) is 12.1 Å². The molecule has 2 aliphatic rings. The van der Waals surface area contributed by atoms with Crippen LogP contribution in [0.4, 0.5) is 0 Å². The molecule has 2 unspecified atom stereocenters. The van der Waals surface area contributed by atoms with Crippen molar-refractivity contribution < 1.29 is 4.79 Å². The zero-order valence-electron chi connectivity index (χ0n) is 12.3. The Bertz CT molecular complexity index is 294. The molecule has 1 heterocycles. The largest absolute Gasteiger partial charge is 0.352 e. The molecule has 19 heavy (non-hydrogen) atoms. The summed E-state index contributed by atoms with van der Waals surface area (Å²) >= 11 is 0. The maximum Gasteiger partial charge on any atom is 0.237 e. The summed E-state index contributed by atoms with van der Waals surface area (Å²) in [5.41, 5.74) is 5.80. The minimum absolute atomic E-state index is 0.000651. The van der Waals surface area contributed by atoms with E-state index < -0.39 is 0 Å². The Morgan fingerprint density at radius 1 is 1.26 bits per heavy atom. The van der Waals surface area contributed by atoms with Gasteiger partial charge in [0.15, 0.2) is 0 Å². The average Bonchev–Trinajstić information content (AvgIpc) is 3.24. The van der Waals surface area contributed by atoms with Gasteiger partial charge in [0.05, 0.1) is 6.04 Å². The van der Waals surface area contributed by atoms with Gasteiger partial charge in [-0.2, -0.15) is 0 Å². The van der Waals surface area contributed by atoms with Gasteiger partial charge in [-0.15, -0.1) is 0 Å². The maximum atomic E-state index is 12.0. The van der Waals surface area contributed by atoms with Crippen LogP contribution < -0.4 is 11.1 Å². The summed E-state index contributed by atoms with van der Waals surface area (Å²) in [7, 11) is 0. The number of rotatable bonds is 6. The molecule has 1 aliphatic carbocycles. The Balaban J connectivity index is 1.76. The number of nitrogens with one attached hydrogen (secondary N) is 1. The van der Waals surface area contributed by atoms with Crippen LogP contribution in [-0.4, -0.2) is 66.6 Å². The SMILES string of the molecule is CCC(CN)N1CCN(C(C)C(=O)NC2CC2)CC1. The van der Waals surface area contributed by atoms with Gasteiger partial charge in [-0.25, -0.2) is 0 Å². The number of piperazine rings is 1. The molecule has 1 aliphatic heterocycles. The van der Waals surface area contributed by atoms with E-state index in [-0.39, 0.29) is 11.9 Å². The first-order chi connectivity index (χ1) is 9.15. The van der Waals surface area contributed by atoms with Gasteiger partial charge in [0.2, 0.25) is 5.91 Å². The molecule has 0 aromatic rings. The second-order valence-corrected chi connectivity index (χ2v) is 5.83. The number of nitrogens with two attached hydrogens (primary N) is 1. The summed E-state index contributed by atoms with van der Waals surface area (Å²) in [6.45, 7) is 8.93. The standard InChI is InChI=1S/C14H28N4O/c1-3-13(10-15)18-8-6-17(7-9-18)11(2)14(19)16-12-4-5-12/h11-13H,3-10,15H2,1-2H3,(H,16,19). The smallest absolute Gasteiger partial charge is 0.237 e. The summed E-state index contributed by atoms with van der Waals surface area (Å²) in [5, 5.41) is 3.09. The predicted molar refractivity (Wildman–Crippen MR) is 76.9 cm³/mol. The highest BCUT2D eigenvalue weighted by Gasteiger charge is 2.30. The van der Waals surface area contributed by atoms with Gasteiger partial charge in [0, 0.05) is 44.8 Å². The van der Waals surface area contributed by atoms with Crippen molar-refractivity contribution >= 4 is 5.91 Å². The Morgan fingerprint density at radius 3 is 2.32 bits per heavy atom. The van der Waals surface area contributed by atoms with Gasteiger partial charge in [-0.05, 0) is 26.2 Å². The first kappa shape index (κ1) is 14.8. The lowest BCUT2D eigenvalue weighted by Gasteiger charge is -2.40. The molecule has 2 atom stereocenters. The molecule has 0 spiro atoms. The van der Waals surface area contributed by atoms with Gasteiger partial charge in [0.25, 0.3) is 0 Å². The van der Waals surface area contributed by atoms with E-state index in [2.05, 4.69) is 22.0 Å². The van der Waals surface area contributed by atoms with Crippen LogP contribution in [0.25, 0.3) is 0 Å². The quantitative estimate of drug-likeness (QED) is 0.712. The summed E-state index contributed by atoms with van der Waals surface area (Å²) in [5.74, 6) is 0.196. The molecule has 0 aromatic carbocycles.